The molecule has 1 amide bonds. The van der Waals surface area contributed by atoms with Gasteiger partial charge in [-0.05, 0) is 18.9 Å². The predicted octanol–water partition coefficient (Wildman–Crippen LogP) is 3.77. The van der Waals surface area contributed by atoms with Gasteiger partial charge in [0.05, 0.1) is 18.3 Å². The third-order valence-electron chi connectivity index (χ3n) is 5.46. The van der Waals surface area contributed by atoms with E-state index in [9.17, 15) is 18.0 Å². The fraction of sp³-hybridized carbons (Fsp3) is 0.556. The first-order valence-electron chi connectivity index (χ1n) is 9.12. The van der Waals surface area contributed by atoms with Gasteiger partial charge >= 0.3 is 6.18 Å². The van der Waals surface area contributed by atoms with Crippen LogP contribution < -0.4 is 0 Å². The number of alkyl halides is 3. The summed E-state index contributed by atoms with van der Waals surface area (Å²) in [4.78, 5) is 17.4. The van der Waals surface area contributed by atoms with Crippen molar-refractivity contribution in [1.82, 2.24) is 20.0 Å². The second kappa shape index (κ2) is 7.27. The minimum absolute atomic E-state index is 0.0791. The zero-order valence-electron chi connectivity index (χ0n) is 14.7. The van der Waals surface area contributed by atoms with E-state index in [2.05, 4.69) is 10.2 Å². The first-order chi connectivity index (χ1) is 12.9. The quantitative estimate of drug-likeness (QED) is 0.856. The number of carbonyl (C=O) groups is 1. The minimum Gasteiger partial charge on any atom is -0.333 e. The average Bonchev–Trinajstić information content (AvgIpc) is 3.32. The Labute approximate surface area is 159 Å². The lowest BCUT2D eigenvalue weighted by molar-refractivity contribution is -0.160. The molecular weight excluding hydrogens is 377 g/mol. The first kappa shape index (κ1) is 18.5. The van der Waals surface area contributed by atoms with Crippen molar-refractivity contribution >= 4 is 17.2 Å². The molecule has 0 aromatic carbocycles. The van der Waals surface area contributed by atoms with Crippen LogP contribution in [0.25, 0.3) is 10.4 Å². The van der Waals surface area contributed by atoms with Crippen LogP contribution in [0.1, 0.15) is 36.0 Å². The zero-order valence-corrected chi connectivity index (χ0v) is 15.5. The number of hydrogen-bond acceptors (Lipinski definition) is 4. The van der Waals surface area contributed by atoms with Gasteiger partial charge in [-0.3, -0.25) is 14.8 Å². The largest absolute Gasteiger partial charge is 0.401 e. The molecule has 0 radical (unpaired) electrons. The maximum Gasteiger partial charge on any atom is 0.401 e. The van der Waals surface area contributed by atoms with Gasteiger partial charge in [-0.15, -0.1) is 11.3 Å². The van der Waals surface area contributed by atoms with Crippen molar-refractivity contribution in [2.75, 3.05) is 19.6 Å². The maximum absolute atomic E-state index is 13.1. The molecule has 2 atom stereocenters. The highest BCUT2D eigenvalue weighted by molar-refractivity contribution is 7.13. The molecule has 5 nitrogen and oxygen atoms in total. The van der Waals surface area contributed by atoms with Gasteiger partial charge in [0.25, 0.3) is 5.91 Å². The number of amides is 1. The van der Waals surface area contributed by atoms with Crippen molar-refractivity contribution in [2.24, 2.45) is 0 Å². The number of piperazine rings is 1. The Morgan fingerprint density at radius 2 is 2.04 bits per heavy atom. The van der Waals surface area contributed by atoms with Crippen LogP contribution in [0.2, 0.25) is 0 Å². The van der Waals surface area contributed by atoms with Crippen LogP contribution in [0.3, 0.4) is 0 Å². The number of nitrogens with zero attached hydrogens (tertiary/aromatic N) is 3. The number of rotatable bonds is 3. The molecular formula is C18H21F3N4OS. The second-order valence-electron chi connectivity index (χ2n) is 7.19. The van der Waals surface area contributed by atoms with Gasteiger partial charge in [0.2, 0.25) is 0 Å². The fourth-order valence-corrected chi connectivity index (χ4v) is 5.14. The summed E-state index contributed by atoms with van der Waals surface area (Å²) in [5.41, 5.74) is 1.52. The SMILES string of the molecule is O=C(c1csc(-c2cn[nH]c2)c1)N1CCN(CC(F)(F)F)C2CCCCC21. The summed E-state index contributed by atoms with van der Waals surface area (Å²) in [6.07, 6.45) is 2.62. The molecule has 0 bridgehead atoms. The molecule has 0 spiro atoms. The van der Waals surface area contributed by atoms with E-state index in [1.165, 1.54) is 16.2 Å². The number of H-pyrrole nitrogens is 1. The highest BCUT2D eigenvalue weighted by atomic mass is 32.1. The first-order valence-corrected chi connectivity index (χ1v) is 10.00. The summed E-state index contributed by atoms with van der Waals surface area (Å²) in [6, 6.07) is 1.50. The lowest BCUT2D eigenvalue weighted by Crippen LogP contribution is -2.63. The van der Waals surface area contributed by atoms with Gasteiger partial charge in [-0.1, -0.05) is 12.8 Å². The average molecular weight is 398 g/mol. The standard InChI is InChI=1S/C18H21F3N4OS/c19-18(20,21)11-24-5-6-25(15-4-2-1-3-14(15)24)17(26)12-7-16(27-10-12)13-8-22-23-9-13/h7-10,14-15H,1-6,11H2,(H,22,23). The van der Waals surface area contributed by atoms with Crippen LogP contribution in [-0.2, 0) is 0 Å². The monoisotopic (exact) mass is 398 g/mol. The maximum atomic E-state index is 13.1. The van der Waals surface area contributed by atoms with Crippen LogP contribution in [0.4, 0.5) is 13.2 Å². The van der Waals surface area contributed by atoms with Crippen molar-refractivity contribution in [1.29, 1.82) is 0 Å². The molecule has 1 saturated carbocycles. The van der Waals surface area contributed by atoms with Crippen LogP contribution in [0.15, 0.2) is 23.8 Å². The van der Waals surface area contributed by atoms with Crippen molar-refractivity contribution in [3.8, 4) is 10.4 Å². The zero-order chi connectivity index (χ0) is 19.0. The van der Waals surface area contributed by atoms with Crippen molar-refractivity contribution < 1.29 is 18.0 Å². The van der Waals surface area contributed by atoms with Gasteiger partial charge in [-0.2, -0.15) is 18.3 Å². The van der Waals surface area contributed by atoms with E-state index in [-0.39, 0.29) is 24.5 Å². The molecule has 2 aromatic rings. The Balaban J connectivity index is 1.52. The summed E-state index contributed by atoms with van der Waals surface area (Å²) in [7, 11) is 0. The number of thiophene rings is 1. The van der Waals surface area contributed by atoms with E-state index in [1.54, 1.807) is 17.3 Å². The van der Waals surface area contributed by atoms with Crippen molar-refractivity contribution in [3.05, 3.63) is 29.4 Å². The predicted molar refractivity (Wildman–Crippen MR) is 96.6 cm³/mol. The van der Waals surface area contributed by atoms with Gasteiger partial charge < -0.3 is 4.90 Å². The number of carbonyl (C=O) groups excluding carboxylic acids is 1. The van der Waals surface area contributed by atoms with E-state index in [1.807, 2.05) is 11.4 Å². The third-order valence-corrected chi connectivity index (χ3v) is 6.44. The van der Waals surface area contributed by atoms with E-state index in [0.717, 1.165) is 29.7 Å². The topological polar surface area (TPSA) is 52.2 Å². The normalized spacial score (nSPS) is 24.0. The Bertz CT molecular complexity index is 789. The molecule has 1 aliphatic heterocycles. The molecule has 4 rings (SSSR count). The number of nitrogens with one attached hydrogen (secondary N) is 1. The van der Waals surface area contributed by atoms with Crippen LogP contribution in [0.5, 0.6) is 0 Å². The molecule has 1 saturated heterocycles. The van der Waals surface area contributed by atoms with Crippen LogP contribution >= 0.6 is 11.3 Å². The molecule has 2 unspecified atom stereocenters. The summed E-state index contributed by atoms with van der Waals surface area (Å²) < 4.78 is 38.8. The number of aromatic amines is 1. The molecule has 27 heavy (non-hydrogen) atoms. The van der Waals surface area contributed by atoms with Crippen LogP contribution in [0, 0.1) is 0 Å². The van der Waals surface area contributed by atoms with E-state index in [0.29, 0.717) is 18.5 Å². The van der Waals surface area contributed by atoms with Gasteiger partial charge in [0.1, 0.15) is 0 Å². The number of halogens is 3. The summed E-state index contributed by atoms with van der Waals surface area (Å²) >= 11 is 1.47. The molecule has 1 aliphatic carbocycles. The Hall–Kier alpha value is -1.87. The Kier molecular flexibility index (Phi) is 4.98. The molecule has 9 heteroatoms. The molecule has 146 valence electrons. The van der Waals surface area contributed by atoms with Gasteiger partial charge in [0, 0.05) is 47.2 Å². The van der Waals surface area contributed by atoms with E-state index >= 15 is 0 Å². The molecule has 2 aliphatic rings. The molecule has 2 fully saturated rings. The lowest BCUT2D eigenvalue weighted by atomic mass is 9.86. The fourth-order valence-electron chi connectivity index (χ4n) is 4.28. The Morgan fingerprint density at radius 1 is 1.26 bits per heavy atom. The summed E-state index contributed by atoms with van der Waals surface area (Å²) in [5, 5.41) is 8.50. The number of aromatic nitrogens is 2. The third kappa shape index (κ3) is 3.89. The van der Waals surface area contributed by atoms with Gasteiger partial charge in [0.15, 0.2) is 0 Å². The molecule has 1 N–H and O–H groups in total. The minimum atomic E-state index is -4.21. The highest BCUT2D eigenvalue weighted by Crippen LogP contribution is 2.34. The molecule has 3 heterocycles. The lowest BCUT2D eigenvalue weighted by Gasteiger charge is -2.50. The van der Waals surface area contributed by atoms with E-state index in [4.69, 9.17) is 0 Å². The van der Waals surface area contributed by atoms with Gasteiger partial charge in [-0.25, -0.2) is 0 Å². The smallest absolute Gasteiger partial charge is 0.333 e. The molecule has 2 aromatic heterocycles. The second-order valence-corrected chi connectivity index (χ2v) is 8.10. The summed E-state index contributed by atoms with van der Waals surface area (Å²) in [6.45, 7) is -0.280. The number of hydrogen-bond donors (Lipinski definition) is 1. The number of fused-ring (bicyclic) bond motifs is 1. The van der Waals surface area contributed by atoms with E-state index < -0.39 is 12.7 Å². The Morgan fingerprint density at radius 3 is 2.74 bits per heavy atom. The highest BCUT2D eigenvalue weighted by Gasteiger charge is 2.44. The van der Waals surface area contributed by atoms with Crippen molar-refractivity contribution in [2.45, 2.75) is 43.9 Å². The van der Waals surface area contributed by atoms with Crippen molar-refractivity contribution in [3.63, 3.8) is 0 Å². The van der Waals surface area contributed by atoms with Crippen LogP contribution in [-0.4, -0.2) is 63.8 Å². The summed E-state index contributed by atoms with van der Waals surface area (Å²) in [5.74, 6) is -0.0791.